The average Bonchev–Trinajstić information content (AvgIpc) is 2.62. The zero-order valence-corrected chi connectivity index (χ0v) is 14.6. The number of hydrogen-bond donors (Lipinski definition) is 2. The van der Waals surface area contributed by atoms with Crippen molar-refractivity contribution in [3.63, 3.8) is 0 Å². The quantitative estimate of drug-likeness (QED) is 0.787. The Hall–Kier alpha value is -1.64. The van der Waals surface area contributed by atoms with Gasteiger partial charge in [-0.2, -0.15) is 0 Å². The second-order valence-electron chi connectivity index (χ2n) is 7.27. The van der Waals surface area contributed by atoms with Gasteiger partial charge in [-0.05, 0) is 38.4 Å². The Morgan fingerprint density at radius 2 is 1.96 bits per heavy atom. The summed E-state index contributed by atoms with van der Waals surface area (Å²) in [4.78, 5) is 15.7. The van der Waals surface area contributed by atoms with E-state index in [1.165, 1.54) is 4.90 Å². The van der Waals surface area contributed by atoms with Crippen LogP contribution in [0.2, 0.25) is 0 Å². The molecule has 0 spiro atoms. The molecule has 2 N–H and O–H groups in total. The van der Waals surface area contributed by atoms with Gasteiger partial charge >= 0.3 is 0 Å². The van der Waals surface area contributed by atoms with Gasteiger partial charge in [0.2, 0.25) is 0 Å². The highest BCUT2D eigenvalue weighted by Crippen LogP contribution is 2.35. The number of halogens is 3. The number of amides is 1. The number of nitrogens with zero attached hydrogens (tertiary/aromatic N) is 2. The lowest BCUT2D eigenvalue weighted by Gasteiger charge is -2.55. The van der Waals surface area contributed by atoms with E-state index in [0.717, 1.165) is 31.9 Å². The first-order valence-corrected chi connectivity index (χ1v) is 8.80. The molecule has 8 heteroatoms. The van der Waals surface area contributed by atoms with Gasteiger partial charge in [0.25, 0.3) is 5.91 Å². The van der Waals surface area contributed by atoms with Crippen molar-refractivity contribution in [1.29, 1.82) is 0 Å². The molecule has 1 aromatic carbocycles. The van der Waals surface area contributed by atoms with Gasteiger partial charge < -0.3 is 15.1 Å². The molecule has 1 aromatic rings. The van der Waals surface area contributed by atoms with Crippen molar-refractivity contribution in [3.05, 3.63) is 35.1 Å². The summed E-state index contributed by atoms with van der Waals surface area (Å²) in [6.45, 7) is 2.57. The lowest BCUT2D eigenvalue weighted by atomic mass is 9.79. The first-order valence-electron chi connectivity index (χ1n) is 8.80. The number of carbonyl (C=O) groups is 1. The van der Waals surface area contributed by atoms with E-state index in [1.54, 1.807) is 0 Å². The number of carbonyl (C=O) groups excluding carboxylic acids is 1. The Bertz CT molecular complexity index is 695. The summed E-state index contributed by atoms with van der Waals surface area (Å²) >= 11 is 0. The second-order valence-corrected chi connectivity index (χ2v) is 7.27. The van der Waals surface area contributed by atoms with Crippen LogP contribution in [0.4, 0.5) is 13.2 Å². The molecule has 0 bridgehead atoms. The molecule has 2 aliphatic rings. The fraction of sp³-hybridized carbons (Fsp3) is 0.611. The number of aliphatic hydroxyl groups excluding tert-OH is 1. The van der Waals surface area contributed by atoms with Crippen molar-refractivity contribution in [2.24, 2.45) is 0 Å². The normalized spacial score (nSPS) is 24.2. The smallest absolute Gasteiger partial charge is 0.257 e. The highest BCUT2D eigenvalue weighted by molar-refractivity contribution is 5.95. The van der Waals surface area contributed by atoms with E-state index in [1.807, 2.05) is 11.8 Å². The second kappa shape index (κ2) is 7.17. The van der Waals surface area contributed by atoms with Crippen molar-refractivity contribution in [3.8, 4) is 0 Å². The van der Waals surface area contributed by atoms with Crippen LogP contribution < -0.4 is 0 Å². The van der Waals surface area contributed by atoms with Gasteiger partial charge in [-0.15, -0.1) is 0 Å². The van der Waals surface area contributed by atoms with Crippen molar-refractivity contribution < 1.29 is 28.2 Å². The summed E-state index contributed by atoms with van der Waals surface area (Å²) in [6, 6.07) is 1.30. The van der Waals surface area contributed by atoms with E-state index >= 15 is 0 Å². The molecule has 1 unspecified atom stereocenters. The highest BCUT2D eigenvalue weighted by Gasteiger charge is 2.52. The van der Waals surface area contributed by atoms with Crippen LogP contribution in [0.5, 0.6) is 0 Å². The summed E-state index contributed by atoms with van der Waals surface area (Å²) in [5, 5.41) is 20.4. The van der Waals surface area contributed by atoms with Crippen LogP contribution in [0.3, 0.4) is 0 Å². The van der Waals surface area contributed by atoms with Crippen molar-refractivity contribution in [2.75, 3.05) is 26.2 Å². The minimum Gasteiger partial charge on any atom is -0.395 e. The molecule has 26 heavy (non-hydrogen) atoms. The Balaban J connectivity index is 1.72. The minimum atomic E-state index is -1.68. The van der Waals surface area contributed by atoms with E-state index < -0.39 is 34.5 Å². The van der Waals surface area contributed by atoms with Gasteiger partial charge in [0.05, 0.1) is 25.3 Å². The molecular weight excluding hydrogens is 349 g/mol. The highest BCUT2D eigenvalue weighted by atomic mass is 19.2. The lowest BCUT2D eigenvalue weighted by molar-refractivity contribution is -0.148. The molecule has 0 aromatic heterocycles. The number of β-amino-alcohol motifs (C(OH)–C–C–N with tert-alkyl or cyclic N) is 1. The molecule has 144 valence electrons. The van der Waals surface area contributed by atoms with Crippen LogP contribution >= 0.6 is 0 Å². The number of piperidine rings is 1. The van der Waals surface area contributed by atoms with Gasteiger partial charge in [-0.1, -0.05) is 6.42 Å². The monoisotopic (exact) mass is 372 g/mol. The summed E-state index contributed by atoms with van der Waals surface area (Å²) < 4.78 is 40.2. The molecule has 1 amide bonds. The summed E-state index contributed by atoms with van der Waals surface area (Å²) in [6.07, 6.45) is 2.65. The fourth-order valence-corrected chi connectivity index (χ4v) is 3.99. The zero-order valence-electron chi connectivity index (χ0n) is 14.6. The van der Waals surface area contributed by atoms with E-state index in [4.69, 9.17) is 0 Å². The molecule has 5 nitrogen and oxygen atoms in total. The minimum absolute atomic E-state index is 0.0103. The summed E-state index contributed by atoms with van der Waals surface area (Å²) in [5.74, 6) is -5.32. The number of rotatable bonds is 4. The van der Waals surface area contributed by atoms with Gasteiger partial charge in [-0.25, -0.2) is 13.2 Å². The number of aliphatic hydroxyl groups is 2. The Morgan fingerprint density at radius 3 is 2.62 bits per heavy atom. The molecule has 0 saturated carbocycles. The van der Waals surface area contributed by atoms with Crippen LogP contribution in [0.15, 0.2) is 12.1 Å². The SMILES string of the molecule is C[C@@H](CO)N1CCCCC1C1(O)CN(C(=O)c2ccc(F)c(F)c2F)C1. The number of benzene rings is 1. The van der Waals surface area contributed by atoms with E-state index in [9.17, 15) is 28.2 Å². The first-order chi connectivity index (χ1) is 12.3. The molecule has 0 radical (unpaired) electrons. The lowest BCUT2D eigenvalue weighted by Crippen LogP contribution is -2.73. The first kappa shape index (κ1) is 19.1. The Morgan fingerprint density at radius 1 is 1.27 bits per heavy atom. The van der Waals surface area contributed by atoms with E-state index in [0.29, 0.717) is 6.07 Å². The van der Waals surface area contributed by atoms with Crippen molar-refractivity contribution in [2.45, 2.75) is 43.9 Å². The Labute approximate surface area is 150 Å². The van der Waals surface area contributed by atoms with Crippen molar-refractivity contribution in [1.82, 2.24) is 9.80 Å². The molecule has 0 aliphatic carbocycles. The third kappa shape index (κ3) is 3.21. The zero-order chi connectivity index (χ0) is 19.1. The number of likely N-dealkylation sites (tertiary alicyclic amines) is 2. The molecule has 2 fully saturated rings. The standard InChI is InChI=1S/C18H23F3N2O3/c1-11(8-24)23-7-3-2-4-14(23)18(26)9-22(10-18)17(25)12-5-6-13(19)16(21)15(12)20/h5-6,11,14,24,26H,2-4,7-10H2,1H3/t11-,14?/m0/s1. The van der Waals surface area contributed by atoms with Gasteiger partial charge in [-0.3, -0.25) is 9.69 Å². The average molecular weight is 372 g/mol. The van der Waals surface area contributed by atoms with Gasteiger partial charge in [0.15, 0.2) is 17.5 Å². The van der Waals surface area contributed by atoms with Gasteiger partial charge in [0.1, 0.15) is 5.60 Å². The molecule has 2 aliphatic heterocycles. The van der Waals surface area contributed by atoms with E-state index in [-0.39, 0.29) is 31.8 Å². The summed E-state index contributed by atoms with van der Waals surface area (Å²) in [5.41, 5.74) is -1.70. The molecule has 2 atom stereocenters. The molecular formula is C18H23F3N2O3. The fourth-order valence-electron chi connectivity index (χ4n) is 3.99. The van der Waals surface area contributed by atoms with E-state index in [2.05, 4.69) is 0 Å². The maximum absolute atomic E-state index is 13.8. The molecule has 2 heterocycles. The largest absolute Gasteiger partial charge is 0.395 e. The third-order valence-electron chi connectivity index (χ3n) is 5.48. The van der Waals surface area contributed by atoms with Gasteiger partial charge in [0, 0.05) is 12.1 Å². The predicted molar refractivity (Wildman–Crippen MR) is 88.1 cm³/mol. The number of hydrogen-bond acceptors (Lipinski definition) is 4. The Kier molecular flexibility index (Phi) is 5.28. The van der Waals surface area contributed by atoms with Crippen LogP contribution in [-0.4, -0.2) is 69.8 Å². The van der Waals surface area contributed by atoms with Crippen LogP contribution in [-0.2, 0) is 0 Å². The van der Waals surface area contributed by atoms with Crippen LogP contribution in [0.25, 0.3) is 0 Å². The topological polar surface area (TPSA) is 64.0 Å². The van der Waals surface area contributed by atoms with Crippen molar-refractivity contribution >= 4 is 5.91 Å². The third-order valence-corrected chi connectivity index (χ3v) is 5.48. The molecule has 2 saturated heterocycles. The van der Waals surface area contributed by atoms with Crippen LogP contribution in [0, 0.1) is 17.5 Å². The summed E-state index contributed by atoms with van der Waals surface area (Å²) in [7, 11) is 0. The van der Waals surface area contributed by atoms with Crippen LogP contribution in [0.1, 0.15) is 36.5 Å². The maximum Gasteiger partial charge on any atom is 0.257 e. The predicted octanol–water partition coefficient (Wildman–Crippen LogP) is 1.53. The molecule has 3 rings (SSSR count). The maximum atomic E-state index is 13.8.